The number of hydrogen-bond donors (Lipinski definition) is 3. The normalized spacial score (nSPS) is 13.7. The number of rotatable bonds is 5. The molecule has 0 saturated carbocycles. The van der Waals surface area contributed by atoms with Crippen LogP contribution in [0.3, 0.4) is 0 Å². The molecule has 1 unspecified atom stereocenters. The third-order valence-corrected chi connectivity index (χ3v) is 5.05. The lowest BCUT2D eigenvalue weighted by atomic mass is 10.1. The molecule has 1 aliphatic heterocycles. The molecule has 0 fully saturated rings. The number of amides is 1. The van der Waals surface area contributed by atoms with Crippen LogP contribution in [0, 0.1) is 6.92 Å². The van der Waals surface area contributed by atoms with Gasteiger partial charge in [-0.1, -0.05) is 30.3 Å². The Labute approximate surface area is 176 Å². The first-order valence-electron chi connectivity index (χ1n) is 9.52. The summed E-state index contributed by atoms with van der Waals surface area (Å²) in [5, 5.41) is 13.4. The predicted molar refractivity (Wildman–Crippen MR) is 116 cm³/mol. The standard InChI is InChI=1S/C22H24N4O2.ClH/c1-14-12-17(28-15(2)16-6-4-3-5-7-16)8-9-19(14)24-22(27)21-18-13-23-11-10-20(18)25-26-21;/h3-9,12,15,23H,10-11,13H2,1-2H3,(H,24,27)(H,25,26);1H. The van der Waals surface area contributed by atoms with E-state index in [1.807, 2.05) is 62.4 Å². The summed E-state index contributed by atoms with van der Waals surface area (Å²) < 4.78 is 6.05. The molecule has 1 atom stereocenters. The first kappa shape index (κ1) is 20.9. The Hall–Kier alpha value is -2.83. The van der Waals surface area contributed by atoms with Crippen LogP contribution in [0.15, 0.2) is 48.5 Å². The summed E-state index contributed by atoms with van der Waals surface area (Å²) in [5.41, 5.74) is 5.27. The van der Waals surface area contributed by atoms with Crippen molar-refractivity contribution in [1.82, 2.24) is 15.5 Å². The van der Waals surface area contributed by atoms with Crippen molar-refractivity contribution in [3.63, 3.8) is 0 Å². The molecule has 0 radical (unpaired) electrons. The second-order valence-corrected chi connectivity index (χ2v) is 7.06. The molecule has 4 rings (SSSR count). The molecule has 3 N–H and O–H groups in total. The first-order chi connectivity index (χ1) is 13.6. The van der Waals surface area contributed by atoms with Crippen molar-refractivity contribution in [2.45, 2.75) is 32.9 Å². The van der Waals surface area contributed by atoms with E-state index >= 15 is 0 Å². The minimum absolute atomic E-state index is 0. The second-order valence-electron chi connectivity index (χ2n) is 7.06. The van der Waals surface area contributed by atoms with E-state index < -0.39 is 0 Å². The van der Waals surface area contributed by atoms with Gasteiger partial charge in [-0.25, -0.2) is 0 Å². The number of ether oxygens (including phenoxy) is 1. The summed E-state index contributed by atoms with van der Waals surface area (Å²) in [6.07, 6.45) is 0.810. The maximum absolute atomic E-state index is 12.7. The molecule has 2 aromatic carbocycles. The molecular formula is C22H25ClN4O2. The van der Waals surface area contributed by atoms with Gasteiger partial charge >= 0.3 is 0 Å². The number of fused-ring (bicyclic) bond motifs is 1. The van der Waals surface area contributed by atoms with E-state index in [0.29, 0.717) is 12.2 Å². The number of aromatic amines is 1. The first-order valence-corrected chi connectivity index (χ1v) is 9.52. The molecule has 1 aromatic heterocycles. The molecule has 1 aliphatic rings. The van der Waals surface area contributed by atoms with Crippen LogP contribution in [-0.4, -0.2) is 22.6 Å². The molecule has 0 saturated heterocycles. The molecule has 1 amide bonds. The number of hydrogen-bond acceptors (Lipinski definition) is 4. The van der Waals surface area contributed by atoms with Gasteiger partial charge in [0, 0.05) is 36.5 Å². The quantitative estimate of drug-likeness (QED) is 0.587. The molecule has 2 heterocycles. The SMILES string of the molecule is Cc1cc(OC(C)c2ccccc2)ccc1NC(=O)c1n[nH]c2c1CNCC2.Cl. The van der Waals surface area contributed by atoms with Crippen LogP contribution in [0.5, 0.6) is 5.75 Å². The highest BCUT2D eigenvalue weighted by Crippen LogP contribution is 2.26. The molecule has 6 nitrogen and oxygen atoms in total. The fourth-order valence-electron chi connectivity index (χ4n) is 3.44. The lowest BCUT2D eigenvalue weighted by molar-refractivity contribution is 0.102. The zero-order valence-electron chi connectivity index (χ0n) is 16.5. The third kappa shape index (κ3) is 4.60. The van der Waals surface area contributed by atoms with Crippen molar-refractivity contribution in [2.75, 3.05) is 11.9 Å². The van der Waals surface area contributed by atoms with Crippen LogP contribution in [-0.2, 0) is 13.0 Å². The Bertz CT molecular complexity index is 988. The van der Waals surface area contributed by atoms with Gasteiger partial charge in [-0.3, -0.25) is 9.89 Å². The molecule has 7 heteroatoms. The third-order valence-electron chi connectivity index (χ3n) is 5.05. The van der Waals surface area contributed by atoms with E-state index in [2.05, 4.69) is 20.8 Å². The number of anilines is 1. The summed E-state index contributed by atoms with van der Waals surface area (Å²) in [7, 11) is 0. The molecule has 0 aliphatic carbocycles. The Morgan fingerprint density at radius 1 is 1.21 bits per heavy atom. The molecule has 152 valence electrons. The Morgan fingerprint density at radius 2 is 2.00 bits per heavy atom. The fourth-order valence-corrected chi connectivity index (χ4v) is 3.44. The summed E-state index contributed by atoms with van der Waals surface area (Å²) in [5.74, 6) is 0.573. The van der Waals surface area contributed by atoms with Gasteiger partial charge in [-0.2, -0.15) is 5.10 Å². The average molecular weight is 413 g/mol. The van der Waals surface area contributed by atoms with Gasteiger partial charge in [-0.15, -0.1) is 12.4 Å². The Balaban J connectivity index is 0.00000240. The van der Waals surface area contributed by atoms with Crippen LogP contribution < -0.4 is 15.4 Å². The van der Waals surface area contributed by atoms with Crippen molar-refractivity contribution in [3.05, 3.63) is 76.6 Å². The van der Waals surface area contributed by atoms with E-state index in [9.17, 15) is 4.79 Å². The number of carbonyl (C=O) groups excluding carboxylic acids is 1. The molecule has 3 aromatic rings. The monoisotopic (exact) mass is 412 g/mol. The summed E-state index contributed by atoms with van der Waals surface area (Å²) >= 11 is 0. The zero-order valence-corrected chi connectivity index (χ0v) is 17.3. The molecule has 0 bridgehead atoms. The molecular weight excluding hydrogens is 388 g/mol. The van der Waals surface area contributed by atoms with Gasteiger partial charge in [-0.05, 0) is 43.2 Å². The number of nitrogens with one attached hydrogen (secondary N) is 3. The number of aromatic nitrogens is 2. The van der Waals surface area contributed by atoms with E-state index in [1.54, 1.807) is 0 Å². The fraction of sp³-hybridized carbons (Fsp3) is 0.273. The van der Waals surface area contributed by atoms with Crippen molar-refractivity contribution < 1.29 is 9.53 Å². The van der Waals surface area contributed by atoms with Gasteiger partial charge in [0.15, 0.2) is 5.69 Å². The predicted octanol–water partition coefficient (Wildman–Crippen LogP) is 4.18. The summed E-state index contributed by atoms with van der Waals surface area (Å²) in [6, 6.07) is 15.8. The maximum atomic E-state index is 12.7. The van der Waals surface area contributed by atoms with E-state index in [4.69, 9.17) is 4.74 Å². The van der Waals surface area contributed by atoms with E-state index in [-0.39, 0.29) is 24.4 Å². The number of H-pyrrole nitrogens is 1. The van der Waals surface area contributed by atoms with E-state index in [0.717, 1.165) is 46.8 Å². The van der Waals surface area contributed by atoms with Crippen molar-refractivity contribution in [1.29, 1.82) is 0 Å². The van der Waals surface area contributed by atoms with Crippen LogP contribution in [0.25, 0.3) is 0 Å². The Morgan fingerprint density at radius 3 is 2.76 bits per heavy atom. The smallest absolute Gasteiger partial charge is 0.276 e. The van der Waals surface area contributed by atoms with Crippen LogP contribution in [0.4, 0.5) is 5.69 Å². The number of carbonyl (C=O) groups is 1. The van der Waals surface area contributed by atoms with Crippen LogP contribution in [0.2, 0.25) is 0 Å². The van der Waals surface area contributed by atoms with Crippen LogP contribution >= 0.6 is 12.4 Å². The van der Waals surface area contributed by atoms with Gasteiger partial charge in [0.05, 0.1) is 0 Å². The topological polar surface area (TPSA) is 79.0 Å². The number of benzene rings is 2. The van der Waals surface area contributed by atoms with Crippen molar-refractivity contribution >= 4 is 24.0 Å². The molecule has 0 spiro atoms. The lowest BCUT2D eigenvalue weighted by Crippen LogP contribution is -2.25. The summed E-state index contributed by atoms with van der Waals surface area (Å²) in [6.45, 7) is 5.54. The van der Waals surface area contributed by atoms with Crippen molar-refractivity contribution in [3.8, 4) is 5.75 Å². The lowest BCUT2D eigenvalue weighted by Gasteiger charge is -2.17. The Kier molecular flexibility index (Phi) is 6.56. The van der Waals surface area contributed by atoms with Gasteiger partial charge in [0.2, 0.25) is 0 Å². The van der Waals surface area contributed by atoms with Crippen molar-refractivity contribution in [2.24, 2.45) is 0 Å². The summed E-state index contributed by atoms with van der Waals surface area (Å²) in [4.78, 5) is 12.7. The van der Waals surface area contributed by atoms with E-state index in [1.165, 1.54) is 0 Å². The highest BCUT2D eigenvalue weighted by Gasteiger charge is 2.22. The van der Waals surface area contributed by atoms with Crippen LogP contribution in [0.1, 0.15) is 45.9 Å². The maximum Gasteiger partial charge on any atom is 0.276 e. The number of aryl methyl sites for hydroxylation is 1. The van der Waals surface area contributed by atoms with Gasteiger partial charge in [0.1, 0.15) is 11.9 Å². The minimum Gasteiger partial charge on any atom is -0.486 e. The van der Waals surface area contributed by atoms with Gasteiger partial charge in [0.25, 0.3) is 5.91 Å². The average Bonchev–Trinajstić information content (AvgIpc) is 3.15. The minimum atomic E-state index is -0.198. The number of halogens is 1. The second kappa shape index (κ2) is 9.11. The zero-order chi connectivity index (χ0) is 19.5. The largest absolute Gasteiger partial charge is 0.486 e. The van der Waals surface area contributed by atoms with Gasteiger partial charge < -0.3 is 15.4 Å². The number of nitrogens with zero attached hydrogens (tertiary/aromatic N) is 1. The highest BCUT2D eigenvalue weighted by atomic mass is 35.5. The highest BCUT2D eigenvalue weighted by molar-refractivity contribution is 6.04. The molecule has 29 heavy (non-hydrogen) atoms.